The molecular formula is C31H31NO8. The average molecular weight is 546 g/mol. The van der Waals surface area contributed by atoms with Crippen molar-refractivity contribution in [3.8, 4) is 17.2 Å². The maximum absolute atomic E-state index is 14.6. The Kier molecular flexibility index (Phi) is 6.12. The van der Waals surface area contributed by atoms with Crippen molar-refractivity contribution < 1.29 is 38.1 Å². The van der Waals surface area contributed by atoms with Crippen LogP contribution >= 0.6 is 0 Å². The molecule has 1 saturated carbocycles. The smallest absolute Gasteiger partial charge is 0.330 e. The van der Waals surface area contributed by atoms with Crippen LogP contribution < -0.4 is 14.2 Å². The lowest BCUT2D eigenvalue weighted by Gasteiger charge is -2.38. The number of likely N-dealkylation sites (tertiary alicyclic amines) is 1. The van der Waals surface area contributed by atoms with E-state index >= 15 is 0 Å². The number of hydrogen-bond acceptors (Lipinski definition) is 7. The van der Waals surface area contributed by atoms with E-state index in [2.05, 4.69) is 0 Å². The van der Waals surface area contributed by atoms with Crippen LogP contribution in [-0.4, -0.2) is 47.1 Å². The first kappa shape index (κ1) is 26.0. The number of ether oxygens (including phenoxy) is 3. The molecule has 6 rings (SSSR count). The summed E-state index contributed by atoms with van der Waals surface area (Å²) in [6.45, 7) is 5.10. The first-order chi connectivity index (χ1) is 19.1. The van der Waals surface area contributed by atoms with Crippen LogP contribution in [0.15, 0.2) is 52.9 Å². The summed E-state index contributed by atoms with van der Waals surface area (Å²) in [5, 5.41) is 10.9. The fourth-order valence-corrected chi connectivity index (χ4v) is 6.41. The standard InChI is InChI=1S/C31H31NO8/c1-16-13-22(17(2)40-16)28(33)25-26(18-7-10-21(37-4)11-8-18)31(3,30(35)36)32(29(34)19-5-6-19)27(25)20-9-12-23-24(14-20)39-15-38-23/h7-14,19,25-27H,5-6,15H2,1-4H3,(H,35,36). The molecule has 2 aromatic carbocycles. The third kappa shape index (κ3) is 3.94. The van der Waals surface area contributed by atoms with E-state index in [1.807, 2.05) is 0 Å². The van der Waals surface area contributed by atoms with Gasteiger partial charge in [-0.1, -0.05) is 18.2 Å². The van der Waals surface area contributed by atoms with Crippen molar-refractivity contribution in [1.29, 1.82) is 0 Å². The maximum atomic E-state index is 14.6. The topological polar surface area (TPSA) is 116 Å². The van der Waals surface area contributed by atoms with Gasteiger partial charge in [0.05, 0.1) is 24.6 Å². The van der Waals surface area contributed by atoms with Gasteiger partial charge in [0.15, 0.2) is 17.3 Å². The van der Waals surface area contributed by atoms with Crippen LogP contribution in [0.3, 0.4) is 0 Å². The molecule has 0 spiro atoms. The molecule has 208 valence electrons. The monoisotopic (exact) mass is 545 g/mol. The summed E-state index contributed by atoms with van der Waals surface area (Å²) in [5.74, 6) is -1.15. The molecule has 1 amide bonds. The third-order valence-electron chi connectivity index (χ3n) is 8.50. The first-order valence-electron chi connectivity index (χ1n) is 13.4. The van der Waals surface area contributed by atoms with E-state index in [-0.39, 0.29) is 24.4 Å². The highest BCUT2D eigenvalue weighted by Crippen LogP contribution is 2.58. The van der Waals surface area contributed by atoms with Crippen molar-refractivity contribution >= 4 is 17.7 Å². The minimum absolute atomic E-state index is 0.0609. The Morgan fingerprint density at radius 2 is 1.65 bits per heavy atom. The number of amides is 1. The summed E-state index contributed by atoms with van der Waals surface area (Å²) in [5.41, 5.74) is -0.126. The number of carboxylic acids is 1. The molecule has 4 unspecified atom stereocenters. The Morgan fingerprint density at radius 1 is 0.975 bits per heavy atom. The van der Waals surface area contributed by atoms with Crippen LogP contribution in [0.25, 0.3) is 0 Å². The van der Waals surface area contributed by atoms with E-state index in [9.17, 15) is 19.5 Å². The molecule has 3 aliphatic rings. The van der Waals surface area contributed by atoms with Gasteiger partial charge in [0, 0.05) is 11.8 Å². The van der Waals surface area contributed by atoms with Gasteiger partial charge in [-0.2, -0.15) is 0 Å². The molecule has 0 bridgehead atoms. The molecule has 9 heteroatoms. The highest BCUT2D eigenvalue weighted by molar-refractivity contribution is 6.03. The summed E-state index contributed by atoms with van der Waals surface area (Å²) in [6, 6.07) is 13.1. The molecule has 40 heavy (non-hydrogen) atoms. The molecule has 2 aliphatic heterocycles. The first-order valence-corrected chi connectivity index (χ1v) is 13.4. The van der Waals surface area contributed by atoms with Crippen molar-refractivity contribution in [1.82, 2.24) is 4.90 Å². The van der Waals surface area contributed by atoms with Gasteiger partial charge in [-0.15, -0.1) is 0 Å². The molecule has 3 aromatic rings. The van der Waals surface area contributed by atoms with Crippen LogP contribution in [0.2, 0.25) is 0 Å². The number of furan rings is 1. The number of Topliss-reactive ketones (excluding diaryl/α,β-unsaturated/α-hetero) is 1. The number of rotatable bonds is 7. The highest BCUT2D eigenvalue weighted by atomic mass is 16.7. The van der Waals surface area contributed by atoms with Crippen molar-refractivity contribution in [3.05, 3.63) is 76.7 Å². The van der Waals surface area contributed by atoms with Gasteiger partial charge in [-0.3, -0.25) is 9.59 Å². The molecular weight excluding hydrogens is 514 g/mol. The number of carbonyl (C=O) groups is 3. The fraction of sp³-hybridized carbons (Fsp3) is 0.387. The molecule has 2 fully saturated rings. The number of aryl methyl sites for hydroxylation is 2. The van der Waals surface area contributed by atoms with E-state index in [1.54, 1.807) is 76.4 Å². The van der Waals surface area contributed by atoms with Crippen molar-refractivity contribution in [2.75, 3.05) is 13.9 Å². The van der Waals surface area contributed by atoms with Gasteiger partial charge in [-0.05, 0) is 75.1 Å². The van der Waals surface area contributed by atoms with E-state index < -0.39 is 29.4 Å². The fourth-order valence-electron chi connectivity index (χ4n) is 6.41. The summed E-state index contributed by atoms with van der Waals surface area (Å²) in [4.78, 5) is 43.5. The molecule has 9 nitrogen and oxygen atoms in total. The Labute approximate surface area is 231 Å². The summed E-state index contributed by atoms with van der Waals surface area (Å²) < 4.78 is 22.2. The zero-order valence-electron chi connectivity index (χ0n) is 22.8. The molecule has 4 atom stereocenters. The molecule has 0 radical (unpaired) electrons. The number of aliphatic carboxylic acids is 1. The Balaban J connectivity index is 1.62. The zero-order chi connectivity index (χ0) is 28.3. The highest BCUT2D eigenvalue weighted by Gasteiger charge is 2.66. The van der Waals surface area contributed by atoms with Crippen LogP contribution in [0.5, 0.6) is 17.2 Å². The molecule has 1 aliphatic carbocycles. The molecule has 3 heterocycles. The quantitative estimate of drug-likeness (QED) is 0.410. The lowest BCUT2D eigenvalue weighted by Crippen LogP contribution is -2.54. The van der Waals surface area contributed by atoms with Crippen molar-refractivity contribution in [2.45, 2.75) is 51.1 Å². The largest absolute Gasteiger partial charge is 0.497 e. The molecule has 1 saturated heterocycles. The minimum Gasteiger partial charge on any atom is -0.497 e. The van der Waals surface area contributed by atoms with E-state index in [4.69, 9.17) is 18.6 Å². The maximum Gasteiger partial charge on any atom is 0.330 e. The summed E-state index contributed by atoms with van der Waals surface area (Å²) in [7, 11) is 1.55. The summed E-state index contributed by atoms with van der Waals surface area (Å²) >= 11 is 0. The van der Waals surface area contributed by atoms with Crippen LogP contribution in [0.4, 0.5) is 0 Å². The predicted octanol–water partition coefficient (Wildman–Crippen LogP) is 5.05. The van der Waals surface area contributed by atoms with Crippen LogP contribution in [-0.2, 0) is 9.59 Å². The summed E-state index contributed by atoms with van der Waals surface area (Å²) in [6.07, 6.45) is 1.37. The number of carboxylic acid groups (broad SMARTS) is 1. The second kappa shape index (κ2) is 9.43. The minimum atomic E-state index is -1.73. The van der Waals surface area contributed by atoms with Crippen molar-refractivity contribution in [2.24, 2.45) is 11.8 Å². The van der Waals surface area contributed by atoms with Gasteiger partial charge in [0.25, 0.3) is 0 Å². The number of benzene rings is 2. The van der Waals surface area contributed by atoms with Crippen LogP contribution in [0.1, 0.15) is 64.7 Å². The Morgan fingerprint density at radius 3 is 2.25 bits per heavy atom. The van der Waals surface area contributed by atoms with E-state index in [0.29, 0.717) is 58.3 Å². The van der Waals surface area contributed by atoms with Gasteiger partial charge in [-0.25, -0.2) is 4.79 Å². The Bertz CT molecular complexity index is 1500. The normalized spacial score (nSPS) is 25.2. The molecule has 1 aromatic heterocycles. The SMILES string of the molecule is COc1ccc(C2C(C(=O)c3cc(C)oc3C)C(c3ccc4c(c3)OCO4)N(C(=O)C3CC3)C2(C)C(=O)O)cc1. The van der Waals surface area contributed by atoms with Gasteiger partial charge < -0.3 is 28.6 Å². The second-order valence-corrected chi connectivity index (χ2v) is 11.0. The van der Waals surface area contributed by atoms with Crippen LogP contribution in [0, 0.1) is 25.7 Å². The zero-order valence-corrected chi connectivity index (χ0v) is 22.8. The lowest BCUT2D eigenvalue weighted by molar-refractivity contribution is -0.158. The Hall–Kier alpha value is -4.27. The third-order valence-corrected chi connectivity index (χ3v) is 8.50. The van der Waals surface area contributed by atoms with E-state index in [0.717, 1.165) is 0 Å². The molecule has 1 N–H and O–H groups in total. The number of ketones is 1. The second-order valence-electron chi connectivity index (χ2n) is 11.0. The van der Waals surface area contributed by atoms with E-state index in [1.165, 1.54) is 4.90 Å². The number of methoxy groups -OCH3 is 1. The number of hydrogen-bond donors (Lipinski definition) is 1. The average Bonchev–Trinajstić information content (AvgIpc) is 3.49. The van der Waals surface area contributed by atoms with Gasteiger partial charge in [0.1, 0.15) is 22.8 Å². The van der Waals surface area contributed by atoms with Crippen molar-refractivity contribution in [3.63, 3.8) is 0 Å². The number of nitrogens with zero attached hydrogens (tertiary/aromatic N) is 1. The van der Waals surface area contributed by atoms with Gasteiger partial charge in [0.2, 0.25) is 12.7 Å². The number of carbonyl (C=O) groups excluding carboxylic acids is 2. The predicted molar refractivity (Wildman–Crippen MR) is 143 cm³/mol. The lowest BCUT2D eigenvalue weighted by atomic mass is 9.71. The number of fused-ring (bicyclic) bond motifs is 1. The van der Waals surface area contributed by atoms with Gasteiger partial charge >= 0.3 is 5.97 Å².